The van der Waals surface area contributed by atoms with E-state index >= 15 is 0 Å². The SMILES string of the molecule is CCCNC(Cc1cccs1)c1cccc2ccncc12. The largest absolute Gasteiger partial charge is 0.310 e. The molecular formula is C18H20N2S. The number of aromatic nitrogens is 1. The molecule has 1 unspecified atom stereocenters. The van der Waals surface area contributed by atoms with Gasteiger partial charge in [0.15, 0.2) is 0 Å². The Morgan fingerprint density at radius 2 is 2.14 bits per heavy atom. The number of thiophene rings is 1. The highest BCUT2D eigenvalue weighted by molar-refractivity contribution is 7.09. The van der Waals surface area contributed by atoms with Gasteiger partial charge in [0.2, 0.25) is 0 Å². The molecule has 108 valence electrons. The second-order valence-electron chi connectivity index (χ2n) is 5.23. The fraction of sp³-hybridized carbons (Fsp3) is 0.278. The molecule has 3 rings (SSSR count). The summed E-state index contributed by atoms with van der Waals surface area (Å²) in [5, 5.41) is 8.36. The number of rotatable bonds is 6. The fourth-order valence-electron chi connectivity index (χ4n) is 2.68. The first-order chi connectivity index (χ1) is 10.4. The van der Waals surface area contributed by atoms with Crippen LogP contribution in [0.25, 0.3) is 10.8 Å². The average Bonchev–Trinajstić information content (AvgIpc) is 3.04. The van der Waals surface area contributed by atoms with Crippen LogP contribution >= 0.6 is 11.3 Å². The maximum absolute atomic E-state index is 4.31. The van der Waals surface area contributed by atoms with Crippen LogP contribution in [0.2, 0.25) is 0 Å². The Bertz CT molecular complexity index is 686. The summed E-state index contributed by atoms with van der Waals surface area (Å²) >= 11 is 1.83. The quantitative estimate of drug-likeness (QED) is 0.720. The molecule has 2 nitrogen and oxygen atoms in total. The molecule has 2 aromatic heterocycles. The number of fused-ring (bicyclic) bond motifs is 1. The number of nitrogens with one attached hydrogen (secondary N) is 1. The summed E-state index contributed by atoms with van der Waals surface area (Å²) in [4.78, 5) is 5.73. The first kappa shape index (κ1) is 14.2. The molecule has 0 saturated carbocycles. The molecule has 3 aromatic rings. The number of hydrogen-bond donors (Lipinski definition) is 1. The second-order valence-corrected chi connectivity index (χ2v) is 6.27. The highest BCUT2D eigenvalue weighted by Crippen LogP contribution is 2.27. The maximum Gasteiger partial charge on any atom is 0.0375 e. The van der Waals surface area contributed by atoms with E-state index in [1.807, 2.05) is 23.7 Å². The van der Waals surface area contributed by atoms with E-state index in [4.69, 9.17) is 0 Å². The number of benzene rings is 1. The summed E-state index contributed by atoms with van der Waals surface area (Å²) in [6.45, 7) is 3.24. The summed E-state index contributed by atoms with van der Waals surface area (Å²) < 4.78 is 0. The van der Waals surface area contributed by atoms with E-state index in [1.54, 1.807) is 0 Å². The van der Waals surface area contributed by atoms with Gasteiger partial charge in [-0.1, -0.05) is 31.2 Å². The molecule has 0 radical (unpaired) electrons. The van der Waals surface area contributed by atoms with E-state index in [1.165, 1.54) is 21.2 Å². The van der Waals surface area contributed by atoms with Crippen molar-refractivity contribution in [2.45, 2.75) is 25.8 Å². The second kappa shape index (κ2) is 6.83. The third kappa shape index (κ3) is 3.31. The van der Waals surface area contributed by atoms with Crippen molar-refractivity contribution >= 4 is 22.1 Å². The van der Waals surface area contributed by atoms with Crippen LogP contribution in [0.5, 0.6) is 0 Å². The standard InChI is InChI=1S/C18H20N2S/c1-2-9-20-18(12-15-6-4-11-21-15)16-7-3-5-14-8-10-19-13-17(14)16/h3-8,10-11,13,18,20H,2,9,12H2,1H3. The zero-order chi connectivity index (χ0) is 14.5. The van der Waals surface area contributed by atoms with Gasteiger partial charge in [-0.05, 0) is 41.4 Å². The Labute approximate surface area is 129 Å². The molecular weight excluding hydrogens is 276 g/mol. The molecule has 1 N–H and O–H groups in total. The highest BCUT2D eigenvalue weighted by atomic mass is 32.1. The van der Waals surface area contributed by atoms with Gasteiger partial charge in [-0.15, -0.1) is 11.3 Å². The molecule has 21 heavy (non-hydrogen) atoms. The molecule has 0 fully saturated rings. The predicted molar refractivity (Wildman–Crippen MR) is 90.8 cm³/mol. The van der Waals surface area contributed by atoms with Gasteiger partial charge in [0.1, 0.15) is 0 Å². The molecule has 0 spiro atoms. The molecule has 3 heteroatoms. The van der Waals surface area contributed by atoms with E-state index in [0.29, 0.717) is 6.04 Å². The van der Waals surface area contributed by atoms with Crippen LogP contribution in [0, 0.1) is 0 Å². The van der Waals surface area contributed by atoms with Crippen LogP contribution in [0.3, 0.4) is 0 Å². The molecule has 0 saturated heterocycles. The normalized spacial score (nSPS) is 12.6. The van der Waals surface area contributed by atoms with Gasteiger partial charge in [-0.25, -0.2) is 0 Å². The summed E-state index contributed by atoms with van der Waals surface area (Å²) in [5.41, 5.74) is 1.35. The van der Waals surface area contributed by atoms with Crippen molar-refractivity contribution in [1.82, 2.24) is 10.3 Å². The van der Waals surface area contributed by atoms with Crippen molar-refractivity contribution in [2.75, 3.05) is 6.54 Å². The zero-order valence-electron chi connectivity index (χ0n) is 12.3. The molecule has 1 atom stereocenters. The molecule has 0 aliphatic carbocycles. The van der Waals surface area contributed by atoms with E-state index in [9.17, 15) is 0 Å². The van der Waals surface area contributed by atoms with Crippen LogP contribution in [-0.4, -0.2) is 11.5 Å². The van der Waals surface area contributed by atoms with Gasteiger partial charge in [-0.2, -0.15) is 0 Å². The third-order valence-corrected chi connectivity index (χ3v) is 4.62. The minimum Gasteiger partial charge on any atom is -0.310 e. The van der Waals surface area contributed by atoms with Crippen molar-refractivity contribution < 1.29 is 0 Å². The number of nitrogens with zero attached hydrogens (tertiary/aromatic N) is 1. The van der Waals surface area contributed by atoms with Crippen molar-refractivity contribution in [3.63, 3.8) is 0 Å². The van der Waals surface area contributed by atoms with Gasteiger partial charge in [0.25, 0.3) is 0 Å². The van der Waals surface area contributed by atoms with Crippen LogP contribution < -0.4 is 5.32 Å². The smallest absolute Gasteiger partial charge is 0.0375 e. The summed E-state index contributed by atoms with van der Waals surface area (Å²) in [6, 6.07) is 13.3. The van der Waals surface area contributed by atoms with E-state index in [2.05, 4.69) is 59.0 Å². The molecule has 2 heterocycles. The Morgan fingerprint density at radius 1 is 1.19 bits per heavy atom. The van der Waals surface area contributed by atoms with Gasteiger partial charge in [0.05, 0.1) is 0 Å². The third-order valence-electron chi connectivity index (χ3n) is 3.72. The van der Waals surface area contributed by atoms with Gasteiger partial charge >= 0.3 is 0 Å². The van der Waals surface area contributed by atoms with Crippen LogP contribution in [0.4, 0.5) is 0 Å². The highest BCUT2D eigenvalue weighted by Gasteiger charge is 2.15. The summed E-state index contributed by atoms with van der Waals surface area (Å²) in [6.07, 6.45) is 6.02. The lowest BCUT2D eigenvalue weighted by Crippen LogP contribution is -2.24. The van der Waals surface area contributed by atoms with Crippen LogP contribution in [0.15, 0.2) is 54.2 Å². The van der Waals surface area contributed by atoms with Crippen LogP contribution in [0.1, 0.15) is 29.8 Å². The number of hydrogen-bond acceptors (Lipinski definition) is 3. The zero-order valence-corrected chi connectivity index (χ0v) is 13.1. The van der Waals surface area contributed by atoms with Gasteiger partial charge in [0, 0.05) is 35.1 Å². The molecule has 0 bridgehead atoms. The average molecular weight is 296 g/mol. The van der Waals surface area contributed by atoms with Crippen molar-refractivity contribution in [3.8, 4) is 0 Å². The molecule has 1 aromatic carbocycles. The predicted octanol–water partition coefficient (Wildman–Crippen LogP) is 4.58. The minimum atomic E-state index is 0.344. The summed E-state index contributed by atoms with van der Waals surface area (Å²) in [5.74, 6) is 0. The van der Waals surface area contributed by atoms with Gasteiger partial charge in [-0.3, -0.25) is 4.98 Å². The Kier molecular flexibility index (Phi) is 4.63. The Hall–Kier alpha value is -1.71. The first-order valence-electron chi connectivity index (χ1n) is 7.47. The van der Waals surface area contributed by atoms with Crippen molar-refractivity contribution in [2.24, 2.45) is 0 Å². The lowest BCUT2D eigenvalue weighted by molar-refractivity contribution is 0.535. The monoisotopic (exact) mass is 296 g/mol. The topological polar surface area (TPSA) is 24.9 Å². The van der Waals surface area contributed by atoms with E-state index < -0.39 is 0 Å². The summed E-state index contributed by atoms with van der Waals surface area (Å²) in [7, 11) is 0. The molecule has 0 aliphatic rings. The van der Waals surface area contributed by atoms with E-state index in [-0.39, 0.29) is 0 Å². The maximum atomic E-state index is 4.31. The van der Waals surface area contributed by atoms with Crippen LogP contribution in [-0.2, 0) is 6.42 Å². The van der Waals surface area contributed by atoms with Gasteiger partial charge < -0.3 is 5.32 Å². The Morgan fingerprint density at radius 3 is 2.95 bits per heavy atom. The minimum absolute atomic E-state index is 0.344. The fourth-order valence-corrected chi connectivity index (χ4v) is 3.43. The molecule has 0 aliphatic heterocycles. The molecule has 0 amide bonds. The van der Waals surface area contributed by atoms with Crippen molar-refractivity contribution in [3.05, 3.63) is 64.6 Å². The lowest BCUT2D eigenvalue weighted by Gasteiger charge is -2.20. The van der Waals surface area contributed by atoms with E-state index in [0.717, 1.165) is 19.4 Å². The Balaban J connectivity index is 1.97. The first-order valence-corrected chi connectivity index (χ1v) is 8.35. The van der Waals surface area contributed by atoms with Crippen molar-refractivity contribution in [1.29, 1.82) is 0 Å². The lowest BCUT2D eigenvalue weighted by atomic mass is 9.97. The number of pyridine rings is 1.